The van der Waals surface area contributed by atoms with Crippen LogP contribution in [0.2, 0.25) is 0 Å². The molecule has 27 heavy (non-hydrogen) atoms. The Balaban J connectivity index is 0.00000676. The minimum Gasteiger partial charge on any atom is -0.444 e. The van der Waals surface area contributed by atoms with Gasteiger partial charge in [-0.15, -0.1) is 24.0 Å². The predicted molar refractivity (Wildman–Crippen MR) is 121 cm³/mol. The monoisotopic (exact) mass is 498 g/mol. The Labute approximate surface area is 182 Å². The zero-order chi connectivity index (χ0) is 19.4. The summed E-state index contributed by atoms with van der Waals surface area (Å²) < 4.78 is 10.8. The molecule has 1 saturated heterocycles. The summed E-state index contributed by atoms with van der Waals surface area (Å²) in [6, 6.07) is 0. The zero-order valence-corrected chi connectivity index (χ0v) is 20.0. The first-order valence-electron chi connectivity index (χ1n) is 9.93. The van der Waals surface area contributed by atoms with Gasteiger partial charge in [-0.2, -0.15) is 0 Å². The lowest BCUT2D eigenvalue weighted by atomic mass is 9.98. The Hall–Kier alpha value is -0.770. The van der Waals surface area contributed by atoms with Crippen molar-refractivity contribution in [3.63, 3.8) is 0 Å². The van der Waals surface area contributed by atoms with Gasteiger partial charge >= 0.3 is 6.09 Å². The fourth-order valence-electron chi connectivity index (χ4n) is 2.79. The third-order valence-corrected chi connectivity index (χ3v) is 3.98. The number of hydrogen-bond donors (Lipinski definition) is 2. The van der Waals surface area contributed by atoms with Crippen LogP contribution in [0.1, 0.15) is 53.9 Å². The number of ether oxygens (including phenoxy) is 2. The van der Waals surface area contributed by atoms with E-state index < -0.39 is 5.60 Å². The number of likely N-dealkylation sites (tertiary alicyclic amines) is 1. The molecule has 0 aromatic carbocycles. The summed E-state index contributed by atoms with van der Waals surface area (Å²) in [5.41, 5.74) is -0.453. The van der Waals surface area contributed by atoms with E-state index in [0.29, 0.717) is 19.0 Å². The number of amides is 1. The highest BCUT2D eigenvalue weighted by molar-refractivity contribution is 14.0. The Morgan fingerprint density at radius 1 is 1.26 bits per heavy atom. The molecule has 1 heterocycles. The fourth-order valence-corrected chi connectivity index (χ4v) is 2.79. The number of aliphatic imine (C=N–C) groups is 1. The first kappa shape index (κ1) is 26.2. The molecule has 1 amide bonds. The molecule has 0 bridgehead atoms. The van der Waals surface area contributed by atoms with Gasteiger partial charge in [-0.3, -0.25) is 4.99 Å². The van der Waals surface area contributed by atoms with Crippen molar-refractivity contribution in [3.8, 4) is 0 Å². The van der Waals surface area contributed by atoms with Crippen LogP contribution in [0.25, 0.3) is 0 Å². The van der Waals surface area contributed by atoms with Crippen LogP contribution in [0.5, 0.6) is 0 Å². The van der Waals surface area contributed by atoms with Gasteiger partial charge in [0.15, 0.2) is 5.96 Å². The third kappa shape index (κ3) is 12.3. The average Bonchev–Trinajstić information content (AvgIpc) is 2.58. The largest absolute Gasteiger partial charge is 0.444 e. The van der Waals surface area contributed by atoms with Crippen molar-refractivity contribution in [1.29, 1.82) is 0 Å². The van der Waals surface area contributed by atoms with Gasteiger partial charge in [-0.1, -0.05) is 0 Å². The highest BCUT2D eigenvalue weighted by Gasteiger charge is 2.27. The number of carbonyl (C=O) groups is 1. The lowest BCUT2D eigenvalue weighted by molar-refractivity contribution is 0.0170. The van der Waals surface area contributed by atoms with Crippen molar-refractivity contribution < 1.29 is 14.3 Å². The molecule has 160 valence electrons. The van der Waals surface area contributed by atoms with Gasteiger partial charge in [0, 0.05) is 45.9 Å². The summed E-state index contributed by atoms with van der Waals surface area (Å²) in [6.45, 7) is 15.1. The second-order valence-electron chi connectivity index (χ2n) is 7.63. The second-order valence-corrected chi connectivity index (χ2v) is 7.63. The highest BCUT2D eigenvalue weighted by atomic mass is 127. The van der Waals surface area contributed by atoms with E-state index in [9.17, 15) is 4.79 Å². The van der Waals surface area contributed by atoms with Gasteiger partial charge < -0.3 is 25.0 Å². The Kier molecular flexibility index (Phi) is 13.9. The molecule has 1 rings (SSSR count). The molecular formula is C19H39IN4O3. The molecule has 1 aliphatic rings. The zero-order valence-electron chi connectivity index (χ0n) is 17.7. The minimum atomic E-state index is -0.453. The Morgan fingerprint density at radius 3 is 2.63 bits per heavy atom. The van der Waals surface area contributed by atoms with E-state index in [1.54, 1.807) is 0 Å². The van der Waals surface area contributed by atoms with Gasteiger partial charge in [0.1, 0.15) is 5.60 Å². The van der Waals surface area contributed by atoms with Gasteiger partial charge in [0.25, 0.3) is 0 Å². The van der Waals surface area contributed by atoms with Gasteiger partial charge in [0.2, 0.25) is 0 Å². The molecule has 7 nitrogen and oxygen atoms in total. The van der Waals surface area contributed by atoms with E-state index in [0.717, 1.165) is 58.1 Å². The van der Waals surface area contributed by atoms with Crippen LogP contribution in [0.4, 0.5) is 4.79 Å². The average molecular weight is 498 g/mol. The third-order valence-electron chi connectivity index (χ3n) is 3.98. The molecule has 0 spiro atoms. The number of guanidine groups is 1. The van der Waals surface area contributed by atoms with Crippen LogP contribution in [-0.2, 0) is 9.47 Å². The SMILES string of the molecule is CCNC(=NCC1CCCN(C(=O)OC(C)(C)C)C1)NCCCOCC.I. The van der Waals surface area contributed by atoms with Crippen molar-refractivity contribution in [3.05, 3.63) is 0 Å². The van der Waals surface area contributed by atoms with Crippen LogP contribution in [0.15, 0.2) is 4.99 Å². The molecule has 1 atom stereocenters. The Bertz CT molecular complexity index is 441. The first-order valence-corrected chi connectivity index (χ1v) is 9.93. The summed E-state index contributed by atoms with van der Waals surface area (Å²) in [6.07, 6.45) is 2.82. The number of halogens is 1. The second kappa shape index (κ2) is 14.3. The van der Waals surface area contributed by atoms with Crippen molar-refractivity contribution in [1.82, 2.24) is 15.5 Å². The van der Waals surface area contributed by atoms with E-state index in [1.807, 2.05) is 32.6 Å². The summed E-state index contributed by atoms with van der Waals surface area (Å²) in [4.78, 5) is 18.8. The molecular weight excluding hydrogens is 459 g/mol. The molecule has 0 aromatic rings. The maximum Gasteiger partial charge on any atom is 0.410 e. The number of nitrogens with zero attached hydrogens (tertiary/aromatic N) is 2. The van der Waals surface area contributed by atoms with Crippen molar-refractivity contribution in [2.45, 2.75) is 59.5 Å². The molecule has 0 radical (unpaired) electrons. The van der Waals surface area contributed by atoms with Crippen molar-refractivity contribution >= 4 is 36.0 Å². The summed E-state index contributed by atoms with van der Waals surface area (Å²) in [5.74, 6) is 1.20. The van der Waals surface area contributed by atoms with Gasteiger partial charge in [0.05, 0.1) is 0 Å². The predicted octanol–water partition coefficient (Wildman–Crippen LogP) is 3.23. The minimum absolute atomic E-state index is 0. The van der Waals surface area contributed by atoms with E-state index in [-0.39, 0.29) is 30.1 Å². The smallest absolute Gasteiger partial charge is 0.410 e. The lowest BCUT2D eigenvalue weighted by Gasteiger charge is -2.33. The number of hydrogen-bond acceptors (Lipinski definition) is 4. The summed E-state index contributed by atoms with van der Waals surface area (Å²) in [7, 11) is 0. The molecule has 1 unspecified atom stereocenters. The van der Waals surface area contributed by atoms with Crippen LogP contribution < -0.4 is 10.6 Å². The topological polar surface area (TPSA) is 75.2 Å². The maximum absolute atomic E-state index is 12.3. The fraction of sp³-hybridized carbons (Fsp3) is 0.895. The standard InChI is InChI=1S/C19H38N4O3.HI/c1-6-20-17(21-11-9-13-25-7-2)22-14-16-10-8-12-23(15-16)18(24)26-19(3,4)5;/h16H,6-15H2,1-5H3,(H2,20,21,22);1H. The van der Waals surface area contributed by atoms with Crippen LogP contribution in [-0.4, -0.2) is 68.5 Å². The van der Waals surface area contributed by atoms with Crippen LogP contribution in [0.3, 0.4) is 0 Å². The normalized spacial score (nSPS) is 17.9. The molecule has 1 aliphatic heterocycles. The quantitative estimate of drug-likeness (QED) is 0.233. The van der Waals surface area contributed by atoms with Crippen molar-refractivity contribution in [2.75, 3.05) is 45.9 Å². The number of piperidine rings is 1. The van der Waals surface area contributed by atoms with Crippen LogP contribution in [0, 0.1) is 5.92 Å². The van der Waals surface area contributed by atoms with Crippen molar-refractivity contribution in [2.24, 2.45) is 10.9 Å². The van der Waals surface area contributed by atoms with E-state index in [1.165, 1.54) is 0 Å². The maximum atomic E-state index is 12.3. The summed E-state index contributed by atoms with van der Waals surface area (Å²) >= 11 is 0. The first-order chi connectivity index (χ1) is 12.4. The van der Waals surface area contributed by atoms with E-state index >= 15 is 0 Å². The van der Waals surface area contributed by atoms with E-state index in [2.05, 4.69) is 17.6 Å². The van der Waals surface area contributed by atoms with Gasteiger partial charge in [-0.25, -0.2) is 4.79 Å². The van der Waals surface area contributed by atoms with Gasteiger partial charge in [-0.05, 0) is 59.8 Å². The van der Waals surface area contributed by atoms with Crippen LogP contribution >= 0.6 is 24.0 Å². The molecule has 0 aromatic heterocycles. The lowest BCUT2D eigenvalue weighted by Crippen LogP contribution is -2.44. The summed E-state index contributed by atoms with van der Waals surface area (Å²) in [5, 5.41) is 6.61. The molecule has 2 N–H and O–H groups in total. The molecule has 8 heteroatoms. The molecule has 0 aliphatic carbocycles. The van der Waals surface area contributed by atoms with E-state index in [4.69, 9.17) is 14.5 Å². The molecule has 1 fully saturated rings. The number of carbonyl (C=O) groups excluding carboxylic acids is 1. The highest BCUT2D eigenvalue weighted by Crippen LogP contribution is 2.19. The Morgan fingerprint density at radius 2 is 2.00 bits per heavy atom. The molecule has 0 saturated carbocycles. The number of nitrogens with one attached hydrogen (secondary N) is 2. The number of rotatable bonds is 8.